The van der Waals surface area contributed by atoms with Gasteiger partial charge in [0, 0.05) is 34.0 Å². The molecule has 7 aliphatic carbocycles. The molecule has 16 heteroatoms. The number of methoxy groups -OCH3 is 1. The van der Waals surface area contributed by atoms with Gasteiger partial charge in [0.2, 0.25) is 0 Å². The van der Waals surface area contributed by atoms with Gasteiger partial charge in [0.05, 0.1) is 25.0 Å². The lowest BCUT2D eigenvalue weighted by Crippen LogP contribution is -2.76. The SMILES string of the molecule is COC(=O)/C(C)=C1\C(=O)[C@H](O)[C@@]2(C)[C@@H]3C[C@@H]3C3=C[C@@H]4[C@]5(OC(=O)C6=C5C[C@H]5[C@](O)(COC(=O)/C(C)=C\COC(=O)[C@@H](O)CC(=O)OC6)[C@H]6C[C@H]6[C@]45C)[C@@H]1[C@]32OO. The van der Waals surface area contributed by atoms with Crippen molar-refractivity contribution in [2.24, 2.45) is 52.3 Å². The number of fused-ring (bicyclic) bond motifs is 7. The molecular formula is C40H44O16. The van der Waals surface area contributed by atoms with Gasteiger partial charge in [0.15, 0.2) is 17.5 Å². The number of ketones is 1. The normalized spacial score (nSPS) is 49.2. The average Bonchev–Trinajstić information content (AvgIpc) is 4.09. The Kier molecular flexibility index (Phi) is 7.80. The van der Waals surface area contributed by atoms with E-state index in [0.717, 1.165) is 7.11 Å². The van der Waals surface area contributed by atoms with Crippen LogP contribution in [-0.2, 0) is 57.3 Å². The average molecular weight is 781 g/mol. The molecule has 0 aromatic heterocycles. The second kappa shape index (κ2) is 11.7. The van der Waals surface area contributed by atoms with Crippen LogP contribution in [0.5, 0.6) is 0 Å². The van der Waals surface area contributed by atoms with Crippen molar-refractivity contribution in [3.63, 3.8) is 0 Å². The lowest BCUT2D eigenvalue weighted by Gasteiger charge is -2.66. The van der Waals surface area contributed by atoms with Crippen LogP contribution in [0.3, 0.4) is 0 Å². The van der Waals surface area contributed by atoms with Crippen molar-refractivity contribution < 1.29 is 77.9 Å². The molecule has 2 heterocycles. The summed E-state index contributed by atoms with van der Waals surface area (Å²) in [6, 6.07) is 0. The Labute approximate surface area is 320 Å². The molecule has 2 aliphatic heterocycles. The third-order valence-electron chi connectivity index (χ3n) is 15.6. The van der Waals surface area contributed by atoms with E-state index in [2.05, 4.69) is 0 Å². The van der Waals surface area contributed by atoms with Crippen LogP contribution in [-0.4, -0.2) is 112 Å². The van der Waals surface area contributed by atoms with E-state index in [9.17, 15) is 49.3 Å². The Morgan fingerprint density at radius 1 is 0.964 bits per heavy atom. The molecule has 0 amide bonds. The van der Waals surface area contributed by atoms with E-state index in [1.54, 1.807) is 6.92 Å². The predicted octanol–water partition coefficient (Wildman–Crippen LogP) is 0.816. The van der Waals surface area contributed by atoms with Gasteiger partial charge in [-0.15, -0.1) is 0 Å². The van der Waals surface area contributed by atoms with Crippen LogP contribution in [0, 0.1) is 52.3 Å². The van der Waals surface area contributed by atoms with Gasteiger partial charge in [0.1, 0.15) is 37.1 Å². The summed E-state index contributed by atoms with van der Waals surface area (Å²) in [5, 5.41) is 46.4. The fraction of sp³-hybridized carbons (Fsp3) is 0.650. The summed E-state index contributed by atoms with van der Waals surface area (Å²) >= 11 is 0. The van der Waals surface area contributed by atoms with E-state index >= 15 is 0 Å². The lowest BCUT2D eigenvalue weighted by molar-refractivity contribution is -0.375. The monoisotopic (exact) mass is 780 g/mol. The van der Waals surface area contributed by atoms with Crippen molar-refractivity contribution in [3.8, 4) is 0 Å². The number of cyclic esters (lactones) is 3. The standard InChI is InChI=1S/C40H44O16/c1-15-6-7-52-35(48)24(41)12-27(42)53-13-18-20-10-25-36(3,22-9-23(22)38(25,49)14-54-32(15)45)26-11-21-17-8-19(17)37(4)31(44)29(43)28(16(2)33(46)51-5)30(40(21,37)56-50)39(20,26)55-34(18)47/h6,11,17,19,22-26,30-31,41,44,49-50H,7-10,12-14H2,1-5H3/b15-6-,28-16+/t17-,19+,22+,23-,24-,25+,26-,30+,31-,36-,37+,38-,39-,40+/m0/s1. The van der Waals surface area contributed by atoms with Crippen LogP contribution < -0.4 is 0 Å². The fourth-order valence-electron chi connectivity index (χ4n) is 12.9. The minimum atomic E-state index is -1.94. The van der Waals surface area contributed by atoms with Gasteiger partial charge >= 0.3 is 29.8 Å². The first-order chi connectivity index (χ1) is 26.4. The number of aliphatic hydroxyl groups is 3. The molecular weight excluding hydrogens is 736 g/mol. The molecule has 300 valence electrons. The Hall–Kier alpha value is -4.22. The summed E-state index contributed by atoms with van der Waals surface area (Å²) in [5.41, 5.74) is -7.54. The predicted molar refractivity (Wildman–Crippen MR) is 183 cm³/mol. The summed E-state index contributed by atoms with van der Waals surface area (Å²) in [7, 11) is 1.13. The highest BCUT2D eigenvalue weighted by atomic mass is 17.1. The van der Waals surface area contributed by atoms with E-state index in [1.807, 2.05) is 13.0 Å². The number of esters is 5. The minimum Gasteiger partial charge on any atom is -0.466 e. The number of carbonyl (C=O) groups excluding carboxylic acids is 6. The largest absolute Gasteiger partial charge is 0.466 e. The molecule has 16 nitrogen and oxygen atoms in total. The van der Waals surface area contributed by atoms with Crippen molar-refractivity contribution in [1.82, 2.24) is 0 Å². The Bertz CT molecular complexity index is 2060. The number of ether oxygens (including phenoxy) is 5. The second-order valence-corrected chi connectivity index (χ2v) is 17.6. The molecule has 2 bridgehead atoms. The lowest BCUT2D eigenvalue weighted by atomic mass is 9.40. The van der Waals surface area contributed by atoms with Crippen LogP contribution in [0.25, 0.3) is 0 Å². The molecule has 56 heavy (non-hydrogen) atoms. The number of carbonyl (C=O) groups is 6. The quantitative estimate of drug-likeness (QED) is 0.0758. The number of rotatable bonds is 2. The van der Waals surface area contributed by atoms with Crippen LogP contribution in [0.4, 0.5) is 0 Å². The Morgan fingerprint density at radius 3 is 2.39 bits per heavy atom. The van der Waals surface area contributed by atoms with Gasteiger partial charge in [-0.1, -0.05) is 19.9 Å². The van der Waals surface area contributed by atoms with Crippen LogP contribution in [0.2, 0.25) is 0 Å². The Balaban J connectivity index is 1.30. The highest BCUT2D eigenvalue weighted by molar-refractivity contribution is 6.09. The molecule has 14 atom stereocenters. The van der Waals surface area contributed by atoms with Gasteiger partial charge in [-0.05, 0) is 79.4 Å². The molecule has 6 fully saturated rings. The molecule has 0 aromatic carbocycles. The van der Waals surface area contributed by atoms with E-state index in [4.69, 9.17) is 28.6 Å². The molecule has 1 spiro atoms. The molecule has 0 radical (unpaired) electrons. The third kappa shape index (κ3) is 4.21. The molecule has 0 aromatic rings. The van der Waals surface area contributed by atoms with E-state index in [-0.39, 0.29) is 58.0 Å². The second-order valence-electron chi connectivity index (χ2n) is 17.6. The first-order valence-corrected chi connectivity index (χ1v) is 19.0. The van der Waals surface area contributed by atoms with E-state index in [1.165, 1.54) is 19.9 Å². The molecule has 4 N–H and O–H groups in total. The Morgan fingerprint density at radius 2 is 1.70 bits per heavy atom. The number of aliphatic hydroxyl groups excluding tert-OH is 2. The maximum atomic E-state index is 14.7. The summed E-state index contributed by atoms with van der Waals surface area (Å²) in [6.07, 6.45) is -0.328. The van der Waals surface area contributed by atoms with Crippen LogP contribution in [0.1, 0.15) is 53.4 Å². The minimum absolute atomic E-state index is 0.0667. The zero-order valence-electron chi connectivity index (χ0n) is 31.5. The molecule has 6 saturated carbocycles. The zero-order chi connectivity index (χ0) is 40.2. The van der Waals surface area contributed by atoms with Crippen LogP contribution >= 0.6 is 0 Å². The summed E-state index contributed by atoms with van der Waals surface area (Å²) in [5.74, 6) is -9.80. The van der Waals surface area contributed by atoms with E-state index < -0.39 is 119 Å². The highest BCUT2D eigenvalue weighted by Gasteiger charge is 2.89. The molecule has 0 unspecified atom stereocenters. The summed E-state index contributed by atoms with van der Waals surface area (Å²) in [6.45, 7) is 4.88. The maximum Gasteiger partial charge on any atom is 0.338 e. The molecule has 9 aliphatic rings. The molecule has 9 rings (SSSR count). The fourth-order valence-corrected chi connectivity index (χ4v) is 12.9. The number of hydrogen-bond acceptors (Lipinski definition) is 16. The maximum absolute atomic E-state index is 14.7. The van der Waals surface area contributed by atoms with Crippen molar-refractivity contribution in [1.29, 1.82) is 0 Å². The first kappa shape index (κ1) is 37.4. The van der Waals surface area contributed by atoms with Crippen molar-refractivity contribution >= 4 is 35.6 Å². The first-order valence-electron chi connectivity index (χ1n) is 19.0. The van der Waals surface area contributed by atoms with Gasteiger partial charge < -0.3 is 39.0 Å². The van der Waals surface area contributed by atoms with Gasteiger partial charge in [-0.2, -0.15) is 0 Å². The van der Waals surface area contributed by atoms with Crippen molar-refractivity contribution in [3.05, 3.63) is 45.6 Å². The summed E-state index contributed by atoms with van der Waals surface area (Å²) in [4.78, 5) is 87.0. The molecule has 0 saturated heterocycles. The summed E-state index contributed by atoms with van der Waals surface area (Å²) < 4.78 is 28.0. The zero-order valence-corrected chi connectivity index (χ0v) is 31.5. The topological polar surface area (TPSA) is 239 Å². The number of Topliss-reactive ketones (excluding diaryl/α,β-unsaturated/α-hetero) is 1. The smallest absolute Gasteiger partial charge is 0.338 e. The van der Waals surface area contributed by atoms with Crippen molar-refractivity contribution in [2.75, 3.05) is 26.9 Å². The van der Waals surface area contributed by atoms with E-state index in [0.29, 0.717) is 18.4 Å². The highest BCUT2D eigenvalue weighted by Crippen LogP contribution is 2.84. The van der Waals surface area contributed by atoms with Crippen molar-refractivity contribution in [2.45, 2.75) is 82.4 Å². The van der Waals surface area contributed by atoms with Crippen LogP contribution in [0.15, 0.2) is 45.6 Å². The van der Waals surface area contributed by atoms with Gasteiger partial charge in [-0.3, -0.25) is 14.8 Å². The third-order valence-corrected chi connectivity index (χ3v) is 15.6. The number of hydrogen-bond donors (Lipinski definition) is 4. The van der Waals surface area contributed by atoms with Gasteiger partial charge in [0.25, 0.3) is 0 Å². The van der Waals surface area contributed by atoms with Gasteiger partial charge in [-0.25, -0.2) is 24.1 Å².